The summed E-state index contributed by atoms with van der Waals surface area (Å²) >= 11 is 4.86. The third-order valence-electron chi connectivity index (χ3n) is 3.81. The number of anilines is 2. The highest BCUT2D eigenvalue weighted by atomic mass is 79.9. The number of aryl methyl sites for hydroxylation is 1. The van der Waals surface area contributed by atoms with Gasteiger partial charge in [-0.05, 0) is 52.7 Å². The quantitative estimate of drug-likeness (QED) is 0.517. The predicted octanol–water partition coefficient (Wildman–Crippen LogP) is 4.28. The van der Waals surface area contributed by atoms with Crippen LogP contribution in [0.2, 0.25) is 0 Å². The SMILES string of the molecule is Cc1nc(-c2ccc(Br)s2)nc(Nc2ccc(CC(=O)O)cc2F)c1CO. The highest BCUT2D eigenvalue weighted by molar-refractivity contribution is 9.11. The first-order chi connectivity index (χ1) is 12.9. The van der Waals surface area contributed by atoms with Crippen LogP contribution in [0.25, 0.3) is 10.7 Å². The molecule has 0 atom stereocenters. The van der Waals surface area contributed by atoms with Crippen molar-refractivity contribution in [2.24, 2.45) is 0 Å². The van der Waals surface area contributed by atoms with E-state index in [1.165, 1.54) is 29.5 Å². The highest BCUT2D eigenvalue weighted by Gasteiger charge is 2.15. The number of aliphatic hydroxyl groups excluding tert-OH is 1. The van der Waals surface area contributed by atoms with Crippen LogP contribution < -0.4 is 5.32 Å². The molecule has 140 valence electrons. The van der Waals surface area contributed by atoms with E-state index in [0.29, 0.717) is 28.5 Å². The third kappa shape index (κ3) is 4.49. The number of halogens is 2. The van der Waals surface area contributed by atoms with Crippen molar-refractivity contribution in [2.45, 2.75) is 20.0 Å². The number of aromatic nitrogens is 2. The maximum Gasteiger partial charge on any atom is 0.307 e. The fraction of sp³-hybridized carbons (Fsp3) is 0.167. The van der Waals surface area contributed by atoms with Gasteiger partial charge in [-0.3, -0.25) is 4.79 Å². The normalized spacial score (nSPS) is 10.8. The maximum atomic E-state index is 14.4. The number of carboxylic acid groups (broad SMARTS) is 1. The number of hydrogen-bond acceptors (Lipinski definition) is 6. The molecule has 0 amide bonds. The van der Waals surface area contributed by atoms with Crippen LogP contribution in [0, 0.1) is 12.7 Å². The summed E-state index contributed by atoms with van der Waals surface area (Å²) < 4.78 is 15.3. The van der Waals surface area contributed by atoms with Crippen molar-refractivity contribution in [3.63, 3.8) is 0 Å². The van der Waals surface area contributed by atoms with Crippen LogP contribution in [0.1, 0.15) is 16.8 Å². The summed E-state index contributed by atoms with van der Waals surface area (Å²) in [4.78, 5) is 20.5. The zero-order chi connectivity index (χ0) is 19.6. The molecule has 0 aliphatic rings. The monoisotopic (exact) mass is 451 g/mol. The standard InChI is InChI=1S/C18H15BrFN3O3S/c1-9-11(8-24)17(23-18(21-9)14-4-5-15(19)27-14)22-13-3-2-10(6-12(13)20)7-16(25)26/h2-6,24H,7-8H2,1H3,(H,25,26)(H,21,22,23). The van der Waals surface area contributed by atoms with Gasteiger partial charge in [-0.25, -0.2) is 14.4 Å². The van der Waals surface area contributed by atoms with Crippen LogP contribution in [0.3, 0.4) is 0 Å². The summed E-state index contributed by atoms with van der Waals surface area (Å²) in [7, 11) is 0. The molecule has 0 radical (unpaired) electrons. The van der Waals surface area contributed by atoms with Gasteiger partial charge < -0.3 is 15.5 Å². The largest absolute Gasteiger partial charge is 0.481 e. The number of benzene rings is 1. The summed E-state index contributed by atoms with van der Waals surface area (Å²) in [6.45, 7) is 1.44. The van der Waals surface area contributed by atoms with Crippen molar-refractivity contribution in [3.8, 4) is 10.7 Å². The van der Waals surface area contributed by atoms with E-state index in [0.717, 1.165) is 8.66 Å². The molecule has 1 aromatic carbocycles. The zero-order valence-electron chi connectivity index (χ0n) is 14.2. The van der Waals surface area contributed by atoms with E-state index >= 15 is 0 Å². The Morgan fingerprint density at radius 1 is 1.30 bits per heavy atom. The van der Waals surface area contributed by atoms with Crippen LogP contribution in [-0.2, 0) is 17.8 Å². The van der Waals surface area contributed by atoms with Crippen LogP contribution >= 0.6 is 27.3 Å². The number of hydrogen-bond donors (Lipinski definition) is 3. The molecule has 6 nitrogen and oxygen atoms in total. The van der Waals surface area contributed by atoms with Crippen LogP contribution in [0.4, 0.5) is 15.9 Å². The molecule has 0 spiro atoms. The average molecular weight is 452 g/mol. The fourth-order valence-electron chi connectivity index (χ4n) is 2.51. The molecular weight excluding hydrogens is 437 g/mol. The maximum absolute atomic E-state index is 14.4. The molecule has 0 unspecified atom stereocenters. The Balaban J connectivity index is 1.98. The highest BCUT2D eigenvalue weighted by Crippen LogP contribution is 2.32. The van der Waals surface area contributed by atoms with Crippen LogP contribution in [0.5, 0.6) is 0 Å². The number of carbonyl (C=O) groups is 1. The Kier molecular flexibility index (Phi) is 5.83. The molecule has 0 saturated carbocycles. The first kappa shape index (κ1) is 19.4. The fourth-order valence-corrected chi connectivity index (χ4v) is 3.83. The Hall–Kier alpha value is -2.36. The molecular formula is C18H15BrFN3O3S. The van der Waals surface area contributed by atoms with E-state index in [1.807, 2.05) is 12.1 Å². The Bertz CT molecular complexity index is 1010. The van der Waals surface area contributed by atoms with E-state index in [1.54, 1.807) is 6.92 Å². The molecule has 2 heterocycles. The zero-order valence-corrected chi connectivity index (χ0v) is 16.6. The molecule has 9 heteroatoms. The lowest BCUT2D eigenvalue weighted by Gasteiger charge is -2.14. The van der Waals surface area contributed by atoms with E-state index in [9.17, 15) is 14.3 Å². The lowest BCUT2D eigenvalue weighted by molar-refractivity contribution is -0.136. The van der Waals surface area contributed by atoms with Crippen LogP contribution in [0.15, 0.2) is 34.1 Å². The van der Waals surface area contributed by atoms with Gasteiger partial charge in [0.15, 0.2) is 5.82 Å². The predicted molar refractivity (Wildman–Crippen MR) is 105 cm³/mol. The topological polar surface area (TPSA) is 95.3 Å². The van der Waals surface area contributed by atoms with Gasteiger partial charge in [-0.2, -0.15) is 0 Å². The number of nitrogens with zero attached hydrogens (tertiary/aromatic N) is 2. The lowest BCUT2D eigenvalue weighted by atomic mass is 10.1. The molecule has 3 N–H and O–H groups in total. The Morgan fingerprint density at radius 2 is 2.07 bits per heavy atom. The second kappa shape index (κ2) is 8.12. The van der Waals surface area contributed by atoms with Crippen molar-refractivity contribution in [3.05, 3.63) is 56.8 Å². The molecule has 0 aliphatic heterocycles. The third-order valence-corrected chi connectivity index (χ3v) is 5.43. The van der Waals surface area contributed by atoms with Gasteiger partial charge in [0.05, 0.1) is 27.4 Å². The van der Waals surface area contributed by atoms with Gasteiger partial charge in [-0.1, -0.05) is 6.07 Å². The molecule has 0 saturated heterocycles. The van der Waals surface area contributed by atoms with Crippen molar-refractivity contribution < 1.29 is 19.4 Å². The number of nitrogens with one attached hydrogen (secondary N) is 1. The molecule has 2 aromatic heterocycles. The summed E-state index contributed by atoms with van der Waals surface area (Å²) in [5, 5.41) is 21.4. The van der Waals surface area contributed by atoms with E-state index < -0.39 is 11.8 Å². The van der Waals surface area contributed by atoms with Crippen LogP contribution in [-0.4, -0.2) is 26.2 Å². The molecule has 0 fully saturated rings. The summed E-state index contributed by atoms with van der Waals surface area (Å²) in [6.07, 6.45) is -0.261. The molecule has 27 heavy (non-hydrogen) atoms. The van der Waals surface area contributed by atoms with Gasteiger partial charge in [0.25, 0.3) is 0 Å². The first-order valence-electron chi connectivity index (χ1n) is 7.88. The average Bonchev–Trinajstić information content (AvgIpc) is 3.03. The summed E-state index contributed by atoms with van der Waals surface area (Å²) in [5.41, 5.74) is 1.53. The Labute approximate surface area is 166 Å². The van der Waals surface area contributed by atoms with E-state index in [-0.39, 0.29) is 18.7 Å². The molecule has 3 aromatic rings. The van der Waals surface area contributed by atoms with Crippen molar-refractivity contribution in [1.29, 1.82) is 0 Å². The minimum atomic E-state index is -1.03. The van der Waals surface area contributed by atoms with Crippen molar-refractivity contribution in [1.82, 2.24) is 9.97 Å². The first-order valence-corrected chi connectivity index (χ1v) is 9.49. The van der Waals surface area contributed by atoms with Gasteiger partial charge in [0, 0.05) is 11.3 Å². The summed E-state index contributed by atoms with van der Waals surface area (Å²) in [5.74, 6) is -0.870. The minimum absolute atomic E-state index is 0.134. The number of rotatable bonds is 6. The van der Waals surface area contributed by atoms with Gasteiger partial charge in [-0.15, -0.1) is 11.3 Å². The summed E-state index contributed by atoms with van der Waals surface area (Å²) in [6, 6.07) is 7.90. The number of thiophene rings is 1. The van der Waals surface area contributed by atoms with Gasteiger partial charge >= 0.3 is 5.97 Å². The Morgan fingerprint density at radius 3 is 2.67 bits per heavy atom. The molecule has 0 aliphatic carbocycles. The van der Waals surface area contributed by atoms with E-state index in [2.05, 4.69) is 31.2 Å². The molecule has 0 bridgehead atoms. The minimum Gasteiger partial charge on any atom is -0.481 e. The number of carboxylic acids is 1. The molecule has 3 rings (SSSR count). The van der Waals surface area contributed by atoms with Gasteiger partial charge in [0.1, 0.15) is 11.6 Å². The van der Waals surface area contributed by atoms with Gasteiger partial charge in [0.2, 0.25) is 0 Å². The lowest BCUT2D eigenvalue weighted by Crippen LogP contribution is -2.07. The second-order valence-corrected chi connectivity index (χ2v) is 8.19. The van der Waals surface area contributed by atoms with Crippen molar-refractivity contribution in [2.75, 3.05) is 5.32 Å². The smallest absolute Gasteiger partial charge is 0.307 e. The second-order valence-electron chi connectivity index (χ2n) is 5.73. The van der Waals surface area contributed by atoms with Crippen molar-refractivity contribution >= 4 is 44.7 Å². The number of aliphatic hydroxyl groups is 1. The van der Waals surface area contributed by atoms with E-state index in [4.69, 9.17) is 5.11 Å². The number of aliphatic carboxylic acids is 1.